The van der Waals surface area contributed by atoms with Crippen LogP contribution in [-0.4, -0.2) is 22.0 Å². The molecule has 1 saturated carbocycles. The molecule has 2 rings (SSSR count). The standard InChI is InChI=1S/C13H15ClN2O3/c14-10-2-1-3-11(15-10)16-12(17)8-4-6-9(7-5-8)13(18)19/h1-3,8-9H,4-7H2,(H,18,19)(H,15,16,17). The molecule has 0 saturated heterocycles. The van der Waals surface area contributed by atoms with Gasteiger partial charge in [-0.15, -0.1) is 0 Å². The van der Waals surface area contributed by atoms with Gasteiger partial charge in [-0.25, -0.2) is 4.98 Å². The Bertz CT molecular complexity index is 485. The molecular weight excluding hydrogens is 268 g/mol. The van der Waals surface area contributed by atoms with Crippen LogP contribution in [-0.2, 0) is 9.59 Å². The second-order valence-corrected chi connectivity index (χ2v) is 5.11. The maximum atomic E-state index is 12.0. The molecule has 102 valence electrons. The van der Waals surface area contributed by atoms with Crippen molar-refractivity contribution in [1.29, 1.82) is 0 Å². The molecule has 1 aliphatic rings. The summed E-state index contributed by atoms with van der Waals surface area (Å²) in [5.74, 6) is -0.906. The van der Waals surface area contributed by atoms with Crippen molar-refractivity contribution < 1.29 is 14.7 Å². The third kappa shape index (κ3) is 3.67. The van der Waals surface area contributed by atoms with E-state index in [-0.39, 0.29) is 17.7 Å². The Hall–Kier alpha value is -1.62. The second kappa shape index (κ2) is 6.02. The average Bonchev–Trinajstić information content (AvgIpc) is 2.39. The van der Waals surface area contributed by atoms with Gasteiger partial charge in [0.25, 0.3) is 0 Å². The molecule has 19 heavy (non-hydrogen) atoms. The van der Waals surface area contributed by atoms with Crippen LogP contribution in [0.2, 0.25) is 5.15 Å². The highest BCUT2D eigenvalue weighted by Crippen LogP contribution is 2.29. The monoisotopic (exact) mass is 282 g/mol. The predicted molar refractivity (Wildman–Crippen MR) is 71.0 cm³/mol. The summed E-state index contributed by atoms with van der Waals surface area (Å²) in [6, 6.07) is 5.02. The number of pyridine rings is 1. The van der Waals surface area contributed by atoms with Crippen molar-refractivity contribution in [3.63, 3.8) is 0 Å². The Labute approximate surface area is 116 Å². The van der Waals surface area contributed by atoms with Gasteiger partial charge in [-0.2, -0.15) is 0 Å². The van der Waals surface area contributed by atoms with E-state index in [4.69, 9.17) is 16.7 Å². The van der Waals surface area contributed by atoms with Crippen LogP contribution in [0.5, 0.6) is 0 Å². The zero-order chi connectivity index (χ0) is 13.8. The first-order valence-electron chi connectivity index (χ1n) is 6.22. The van der Waals surface area contributed by atoms with Gasteiger partial charge < -0.3 is 10.4 Å². The fraction of sp³-hybridized carbons (Fsp3) is 0.462. The van der Waals surface area contributed by atoms with E-state index in [2.05, 4.69) is 10.3 Å². The number of halogens is 1. The van der Waals surface area contributed by atoms with E-state index in [0.29, 0.717) is 36.7 Å². The number of carbonyl (C=O) groups is 2. The molecule has 2 N–H and O–H groups in total. The van der Waals surface area contributed by atoms with Crippen LogP contribution in [0.15, 0.2) is 18.2 Å². The van der Waals surface area contributed by atoms with Crippen LogP contribution in [0.25, 0.3) is 0 Å². The minimum atomic E-state index is -0.768. The van der Waals surface area contributed by atoms with Gasteiger partial charge in [-0.1, -0.05) is 17.7 Å². The summed E-state index contributed by atoms with van der Waals surface area (Å²) in [6.07, 6.45) is 2.31. The van der Waals surface area contributed by atoms with Crippen LogP contribution in [0.4, 0.5) is 5.82 Å². The van der Waals surface area contributed by atoms with Gasteiger partial charge in [0.1, 0.15) is 11.0 Å². The molecule has 6 heteroatoms. The highest BCUT2D eigenvalue weighted by Gasteiger charge is 2.29. The van der Waals surface area contributed by atoms with Gasteiger partial charge in [-0.3, -0.25) is 9.59 Å². The smallest absolute Gasteiger partial charge is 0.306 e. The highest BCUT2D eigenvalue weighted by molar-refractivity contribution is 6.29. The highest BCUT2D eigenvalue weighted by atomic mass is 35.5. The zero-order valence-corrected chi connectivity index (χ0v) is 11.1. The van der Waals surface area contributed by atoms with Crippen molar-refractivity contribution in [1.82, 2.24) is 4.98 Å². The van der Waals surface area contributed by atoms with E-state index in [1.165, 1.54) is 0 Å². The van der Waals surface area contributed by atoms with Crippen molar-refractivity contribution in [3.05, 3.63) is 23.4 Å². The first-order chi connectivity index (χ1) is 9.06. The fourth-order valence-electron chi connectivity index (χ4n) is 2.31. The largest absolute Gasteiger partial charge is 0.481 e. The molecular formula is C13H15ClN2O3. The van der Waals surface area contributed by atoms with E-state index in [0.717, 1.165) is 0 Å². The number of amides is 1. The van der Waals surface area contributed by atoms with Crippen molar-refractivity contribution >= 4 is 29.3 Å². The number of nitrogens with zero attached hydrogens (tertiary/aromatic N) is 1. The molecule has 1 aromatic rings. The lowest BCUT2D eigenvalue weighted by Crippen LogP contribution is -2.29. The Balaban J connectivity index is 1.90. The van der Waals surface area contributed by atoms with Crippen molar-refractivity contribution in [2.75, 3.05) is 5.32 Å². The number of carbonyl (C=O) groups excluding carboxylic acids is 1. The molecule has 0 aromatic carbocycles. The van der Waals surface area contributed by atoms with E-state index >= 15 is 0 Å². The minimum Gasteiger partial charge on any atom is -0.481 e. The first kappa shape index (κ1) is 13.8. The molecule has 1 heterocycles. The molecule has 1 aromatic heterocycles. The Kier molecular flexibility index (Phi) is 4.37. The van der Waals surface area contributed by atoms with Crippen LogP contribution in [0.3, 0.4) is 0 Å². The molecule has 1 amide bonds. The van der Waals surface area contributed by atoms with Gasteiger partial charge in [0.05, 0.1) is 5.92 Å². The molecule has 0 spiro atoms. The Morgan fingerprint density at radius 1 is 1.21 bits per heavy atom. The number of carboxylic acid groups (broad SMARTS) is 1. The number of anilines is 1. The molecule has 1 fully saturated rings. The number of nitrogens with one attached hydrogen (secondary N) is 1. The van der Waals surface area contributed by atoms with Crippen LogP contribution in [0, 0.1) is 11.8 Å². The number of hydrogen-bond donors (Lipinski definition) is 2. The van der Waals surface area contributed by atoms with E-state index in [1.807, 2.05) is 0 Å². The van der Waals surface area contributed by atoms with Crippen molar-refractivity contribution in [3.8, 4) is 0 Å². The summed E-state index contributed by atoms with van der Waals surface area (Å²) in [5, 5.41) is 11.9. The maximum Gasteiger partial charge on any atom is 0.306 e. The normalized spacial score (nSPS) is 22.8. The third-order valence-electron chi connectivity index (χ3n) is 3.41. The lowest BCUT2D eigenvalue weighted by molar-refractivity contribution is -0.143. The van der Waals surface area contributed by atoms with E-state index < -0.39 is 5.97 Å². The molecule has 0 aliphatic heterocycles. The Morgan fingerprint density at radius 2 is 1.84 bits per heavy atom. The van der Waals surface area contributed by atoms with Gasteiger partial charge >= 0.3 is 5.97 Å². The quantitative estimate of drug-likeness (QED) is 0.835. The number of hydrogen-bond acceptors (Lipinski definition) is 3. The summed E-state index contributed by atoms with van der Waals surface area (Å²) < 4.78 is 0. The van der Waals surface area contributed by atoms with Gasteiger partial charge in [0.2, 0.25) is 5.91 Å². The lowest BCUT2D eigenvalue weighted by Gasteiger charge is -2.25. The van der Waals surface area contributed by atoms with Crippen molar-refractivity contribution in [2.45, 2.75) is 25.7 Å². The summed E-state index contributed by atoms with van der Waals surface area (Å²) in [4.78, 5) is 26.8. The molecule has 5 nitrogen and oxygen atoms in total. The molecule has 0 radical (unpaired) electrons. The zero-order valence-electron chi connectivity index (χ0n) is 10.3. The summed E-state index contributed by atoms with van der Waals surface area (Å²) >= 11 is 5.74. The topological polar surface area (TPSA) is 79.3 Å². The van der Waals surface area contributed by atoms with Gasteiger partial charge in [0, 0.05) is 5.92 Å². The van der Waals surface area contributed by atoms with Crippen LogP contribution in [0.1, 0.15) is 25.7 Å². The van der Waals surface area contributed by atoms with Crippen LogP contribution < -0.4 is 5.32 Å². The lowest BCUT2D eigenvalue weighted by atomic mass is 9.81. The fourth-order valence-corrected chi connectivity index (χ4v) is 2.47. The molecule has 0 atom stereocenters. The third-order valence-corrected chi connectivity index (χ3v) is 3.62. The second-order valence-electron chi connectivity index (χ2n) is 4.72. The summed E-state index contributed by atoms with van der Waals surface area (Å²) in [5.41, 5.74) is 0. The van der Waals surface area contributed by atoms with E-state index in [9.17, 15) is 9.59 Å². The SMILES string of the molecule is O=C(O)C1CCC(C(=O)Nc2cccc(Cl)n2)CC1. The average molecular weight is 283 g/mol. The number of aromatic nitrogens is 1. The van der Waals surface area contributed by atoms with Gasteiger partial charge in [0.15, 0.2) is 0 Å². The van der Waals surface area contributed by atoms with Gasteiger partial charge in [-0.05, 0) is 37.8 Å². The minimum absolute atomic E-state index is 0.112. The number of aliphatic carboxylic acids is 1. The Morgan fingerprint density at radius 3 is 2.42 bits per heavy atom. The maximum absolute atomic E-state index is 12.0. The molecule has 1 aliphatic carbocycles. The van der Waals surface area contributed by atoms with Crippen LogP contribution >= 0.6 is 11.6 Å². The van der Waals surface area contributed by atoms with Crippen molar-refractivity contribution in [2.24, 2.45) is 11.8 Å². The summed E-state index contributed by atoms with van der Waals surface area (Å²) in [6.45, 7) is 0. The number of carboxylic acids is 1. The molecule has 0 unspecified atom stereocenters. The predicted octanol–water partition coefficient (Wildman–Crippen LogP) is 2.56. The molecule has 0 bridgehead atoms. The first-order valence-corrected chi connectivity index (χ1v) is 6.60. The van der Waals surface area contributed by atoms with E-state index in [1.54, 1.807) is 18.2 Å². The summed E-state index contributed by atoms with van der Waals surface area (Å²) in [7, 11) is 0. The number of rotatable bonds is 3.